The Hall–Kier alpha value is -1.20. The maximum atomic E-state index is 5.98. The predicted octanol–water partition coefficient (Wildman–Crippen LogP) is 4.84. The van der Waals surface area contributed by atoms with Gasteiger partial charge in [-0.05, 0) is 62.8 Å². The first kappa shape index (κ1) is 24.8. The average molecular weight is 388 g/mol. The molecule has 1 rings (SSSR count). The average Bonchev–Trinajstić information content (AvgIpc) is 3.33. The standard InChI is InChI=1S/C25H45N3/c1-7-11-13-14-16-22(17-26)27-18-24-19(5)25(24)23(10-4)20(6)28-21(9-3)15-12-8-2/h1,19-20,22-25,27-28H,3,8,10-18,26H2,2,4-6H3. The lowest BCUT2D eigenvalue weighted by Crippen LogP contribution is -2.38. The van der Waals surface area contributed by atoms with Gasteiger partial charge in [0.15, 0.2) is 0 Å². The Morgan fingerprint density at radius 2 is 2.00 bits per heavy atom. The zero-order chi connectivity index (χ0) is 20.9. The molecule has 4 N–H and O–H groups in total. The highest BCUT2D eigenvalue weighted by Crippen LogP contribution is 2.52. The van der Waals surface area contributed by atoms with Crippen molar-refractivity contribution >= 4 is 0 Å². The number of allylic oxidation sites excluding steroid dienone is 1. The van der Waals surface area contributed by atoms with Gasteiger partial charge in [-0.15, -0.1) is 18.1 Å². The Kier molecular flexibility index (Phi) is 12.3. The van der Waals surface area contributed by atoms with Crippen LogP contribution in [0, 0.1) is 36.0 Å². The molecule has 0 spiro atoms. The Balaban J connectivity index is 2.48. The van der Waals surface area contributed by atoms with Crippen LogP contribution in [0.2, 0.25) is 0 Å². The number of nitrogens with two attached hydrogens (primary N) is 1. The van der Waals surface area contributed by atoms with Gasteiger partial charge in [-0.1, -0.05) is 46.6 Å². The summed E-state index contributed by atoms with van der Waals surface area (Å²) in [6, 6.07) is 0.892. The van der Waals surface area contributed by atoms with E-state index < -0.39 is 0 Å². The molecule has 3 nitrogen and oxygen atoms in total. The molecule has 0 amide bonds. The van der Waals surface area contributed by atoms with Gasteiger partial charge in [0.2, 0.25) is 0 Å². The van der Waals surface area contributed by atoms with E-state index in [1.165, 1.54) is 25.0 Å². The Labute approximate surface area is 175 Å². The Morgan fingerprint density at radius 3 is 2.57 bits per heavy atom. The summed E-state index contributed by atoms with van der Waals surface area (Å²) in [7, 11) is 0. The Bertz CT molecular complexity index is 514. The number of unbranched alkanes of at least 4 members (excludes halogenated alkanes) is 3. The lowest BCUT2D eigenvalue weighted by molar-refractivity contribution is 0.315. The van der Waals surface area contributed by atoms with Crippen LogP contribution in [0.25, 0.3) is 0 Å². The van der Waals surface area contributed by atoms with E-state index >= 15 is 0 Å². The fourth-order valence-electron chi connectivity index (χ4n) is 4.74. The molecule has 1 saturated carbocycles. The SMILES string of the molecule is C#CCCCCC(CN)NCC1C(C)C1C(CC)C(C)NC(=C=C)CCCC. The van der Waals surface area contributed by atoms with Crippen LogP contribution in [-0.4, -0.2) is 25.2 Å². The Morgan fingerprint density at radius 1 is 1.25 bits per heavy atom. The number of terminal acetylenes is 1. The van der Waals surface area contributed by atoms with Gasteiger partial charge >= 0.3 is 0 Å². The molecule has 0 aromatic rings. The molecule has 1 fully saturated rings. The topological polar surface area (TPSA) is 50.1 Å². The van der Waals surface area contributed by atoms with Gasteiger partial charge in [0.05, 0.1) is 5.70 Å². The second-order valence-corrected chi connectivity index (χ2v) is 8.66. The first-order valence-corrected chi connectivity index (χ1v) is 11.6. The van der Waals surface area contributed by atoms with Gasteiger partial charge in [-0.2, -0.15) is 0 Å². The van der Waals surface area contributed by atoms with Crippen molar-refractivity contribution in [2.45, 2.75) is 91.1 Å². The second-order valence-electron chi connectivity index (χ2n) is 8.66. The summed E-state index contributed by atoms with van der Waals surface area (Å²) in [5, 5.41) is 7.46. The summed E-state index contributed by atoms with van der Waals surface area (Å²) in [6.07, 6.45) is 14.3. The first-order valence-electron chi connectivity index (χ1n) is 11.6. The normalized spacial score (nSPS) is 23.9. The monoisotopic (exact) mass is 387 g/mol. The van der Waals surface area contributed by atoms with Gasteiger partial charge in [0, 0.05) is 25.0 Å². The van der Waals surface area contributed by atoms with Crippen LogP contribution < -0.4 is 16.4 Å². The molecule has 0 saturated heterocycles. The van der Waals surface area contributed by atoms with E-state index in [1.807, 2.05) is 0 Å². The van der Waals surface area contributed by atoms with Gasteiger partial charge in [0.25, 0.3) is 0 Å². The van der Waals surface area contributed by atoms with Crippen molar-refractivity contribution < 1.29 is 0 Å². The van der Waals surface area contributed by atoms with Gasteiger partial charge in [0.1, 0.15) is 0 Å². The molecule has 160 valence electrons. The van der Waals surface area contributed by atoms with Crippen LogP contribution in [0.3, 0.4) is 0 Å². The van der Waals surface area contributed by atoms with E-state index in [1.54, 1.807) is 0 Å². The lowest BCUT2D eigenvalue weighted by Gasteiger charge is -2.26. The third kappa shape index (κ3) is 8.04. The molecular formula is C25H45N3. The first-order chi connectivity index (χ1) is 13.5. The zero-order valence-electron chi connectivity index (χ0n) is 18.9. The molecule has 0 aromatic heterocycles. The van der Waals surface area contributed by atoms with E-state index in [9.17, 15) is 0 Å². The molecule has 1 aliphatic rings. The minimum atomic E-state index is 0.422. The van der Waals surface area contributed by atoms with Crippen molar-refractivity contribution in [3.05, 3.63) is 18.0 Å². The molecule has 0 heterocycles. The molecule has 28 heavy (non-hydrogen) atoms. The fourth-order valence-corrected chi connectivity index (χ4v) is 4.74. The number of rotatable bonds is 16. The smallest absolute Gasteiger partial charge is 0.0534 e. The van der Waals surface area contributed by atoms with E-state index in [0.717, 1.165) is 56.4 Å². The zero-order valence-corrected chi connectivity index (χ0v) is 18.9. The highest BCUT2D eigenvalue weighted by atomic mass is 15.0. The quantitative estimate of drug-likeness (QED) is 0.202. The minimum Gasteiger partial charge on any atom is -0.379 e. The van der Waals surface area contributed by atoms with Crippen molar-refractivity contribution in [3.63, 3.8) is 0 Å². The van der Waals surface area contributed by atoms with Crippen molar-refractivity contribution in [2.24, 2.45) is 29.4 Å². The van der Waals surface area contributed by atoms with Crippen molar-refractivity contribution in [3.8, 4) is 12.3 Å². The number of hydrogen-bond acceptors (Lipinski definition) is 3. The van der Waals surface area contributed by atoms with Gasteiger partial charge in [-0.3, -0.25) is 0 Å². The molecule has 0 aromatic carbocycles. The molecule has 0 radical (unpaired) electrons. The van der Waals surface area contributed by atoms with E-state index in [-0.39, 0.29) is 0 Å². The van der Waals surface area contributed by atoms with Crippen molar-refractivity contribution in [1.82, 2.24) is 10.6 Å². The molecule has 6 atom stereocenters. The summed E-state index contributed by atoms with van der Waals surface area (Å²) in [5.74, 6) is 5.75. The molecule has 6 unspecified atom stereocenters. The predicted molar refractivity (Wildman–Crippen MR) is 123 cm³/mol. The maximum absolute atomic E-state index is 5.98. The van der Waals surface area contributed by atoms with Gasteiger partial charge in [-0.25, -0.2) is 0 Å². The van der Waals surface area contributed by atoms with Crippen LogP contribution in [0.5, 0.6) is 0 Å². The van der Waals surface area contributed by atoms with Crippen LogP contribution in [0.15, 0.2) is 18.0 Å². The lowest BCUT2D eigenvalue weighted by atomic mass is 9.90. The minimum absolute atomic E-state index is 0.422. The van der Waals surface area contributed by atoms with Gasteiger partial charge < -0.3 is 16.4 Å². The summed E-state index contributed by atoms with van der Waals surface area (Å²) in [4.78, 5) is 0. The largest absolute Gasteiger partial charge is 0.379 e. The number of nitrogens with one attached hydrogen (secondary N) is 2. The van der Waals surface area contributed by atoms with E-state index in [4.69, 9.17) is 12.2 Å². The molecule has 1 aliphatic carbocycles. The number of hydrogen-bond donors (Lipinski definition) is 3. The summed E-state index contributed by atoms with van der Waals surface area (Å²) in [5.41, 5.74) is 10.3. The maximum Gasteiger partial charge on any atom is 0.0534 e. The van der Waals surface area contributed by atoms with Crippen LogP contribution >= 0.6 is 0 Å². The van der Waals surface area contributed by atoms with E-state index in [2.05, 4.69) is 56.6 Å². The molecule has 0 aliphatic heterocycles. The summed E-state index contributed by atoms with van der Waals surface area (Å²) in [6.45, 7) is 15.0. The fraction of sp³-hybridized carbons (Fsp3) is 0.800. The van der Waals surface area contributed by atoms with Crippen LogP contribution in [0.1, 0.15) is 79.1 Å². The highest BCUT2D eigenvalue weighted by molar-refractivity contribution is 5.05. The van der Waals surface area contributed by atoms with Crippen LogP contribution in [-0.2, 0) is 0 Å². The third-order valence-corrected chi connectivity index (χ3v) is 6.69. The third-order valence-electron chi connectivity index (χ3n) is 6.69. The highest BCUT2D eigenvalue weighted by Gasteiger charge is 2.51. The molecule has 3 heteroatoms. The van der Waals surface area contributed by atoms with Crippen molar-refractivity contribution in [1.29, 1.82) is 0 Å². The summed E-state index contributed by atoms with van der Waals surface area (Å²) < 4.78 is 0. The van der Waals surface area contributed by atoms with Crippen LogP contribution in [0.4, 0.5) is 0 Å². The van der Waals surface area contributed by atoms with Crippen molar-refractivity contribution in [2.75, 3.05) is 13.1 Å². The second kappa shape index (κ2) is 13.9. The summed E-state index contributed by atoms with van der Waals surface area (Å²) >= 11 is 0. The molecular weight excluding hydrogens is 342 g/mol. The van der Waals surface area contributed by atoms with E-state index in [0.29, 0.717) is 24.5 Å². The molecule has 0 bridgehead atoms.